The zero-order valence-corrected chi connectivity index (χ0v) is 21.5. The summed E-state index contributed by atoms with van der Waals surface area (Å²) in [6, 6.07) is 13.1. The second-order valence-electron chi connectivity index (χ2n) is 8.78. The van der Waals surface area contributed by atoms with Gasteiger partial charge in [-0.15, -0.1) is 12.4 Å². The first-order valence-corrected chi connectivity index (χ1v) is 11.5. The molecular formula is C26H34ClN5O3. The number of imidazole rings is 1. The molecule has 0 aliphatic heterocycles. The van der Waals surface area contributed by atoms with Crippen LogP contribution < -0.4 is 5.73 Å². The van der Waals surface area contributed by atoms with Crippen molar-refractivity contribution < 1.29 is 14.3 Å². The monoisotopic (exact) mass is 499 g/mol. The van der Waals surface area contributed by atoms with Gasteiger partial charge >= 0.3 is 5.97 Å². The highest BCUT2D eigenvalue weighted by molar-refractivity contribution is 5.97. The van der Waals surface area contributed by atoms with Crippen molar-refractivity contribution >= 4 is 41.2 Å². The molecule has 0 saturated carbocycles. The molecule has 0 atom stereocenters. The predicted octanol–water partition coefficient (Wildman–Crippen LogP) is 3.92. The van der Waals surface area contributed by atoms with Gasteiger partial charge in [0.25, 0.3) is 5.91 Å². The first-order chi connectivity index (χ1) is 16.2. The van der Waals surface area contributed by atoms with E-state index in [9.17, 15) is 9.59 Å². The molecule has 0 aliphatic carbocycles. The first kappa shape index (κ1) is 27.9. The Hall–Kier alpha value is -3.39. The Morgan fingerprint density at radius 2 is 1.80 bits per heavy atom. The van der Waals surface area contributed by atoms with Gasteiger partial charge in [-0.2, -0.15) is 0 Å². The molecule has 1 aromatic heterocycles. The number of carbonyl (C=O) groups excluding carboxylic acids is 2. The van der Waals surface area contributed by atoms with Crippen LogP contribution in [0.15, 0.2) is 42.5 Å². The lowest BCUT2D eigenvalue weighted by Crippen LogP contribution is -2.36. The van der Waals surface area contributed by atoms with Crippen molar-refractivity contribution in [2.75, 3.05) is 19.7 Å². The Labute approximate surface area is 212 Å². The maximum absolute atomic E-state index is 13.3. The van der Waals surface area contributed by atoms with Gasteiger partial charge in [-0.05, 0) is 36.6 Å². The van der Waals surface area contributed by atoms with E-state index in [1.54, 1.807) is 11.8 Å². The molecule has 0 fully saturated rings. The average molecular weight is 500 g/mol. The number of aromatic nitrogens is 2. The summed E-state index contributed by atoms with van der Waals surface area (Å²) in [5, 5.41) is 7.53. The fourth-order valence-corrected chi connectivity index (χ4v) is 3.88. The van der Waals surface area contributed by atoms with Crippen molar-refractivity contribution in [1.82, 2.24) is 14.5 Å². The molecule has 0 aliphatic rings. The molecule has 1 amide bonds. The number of nitrogens with two attached hydrogens (primary N) is 1. The lowest BCUT2D eigenvalue weighted by molar-refractivity contribution is -0.143. The van der Waals surface area contributed by atoms with E-state index < -0.39 is 0 Å². The summed E-state index contributed by atoms with van der Waals surface area (Å²) < 4.78 is 7.04. The number of halogens is 1. The molecule has 35 heavy (non-hydrogen) atoms. The van der Waals surface area contributed by atoms with Gasteiger partial charge in [0.05, 0.1) is 24.1 Å². The molecule has 3 N–H and O–H groups in total. The number of fused-ring (bicyclic) bond motifs is 1. The van der Waals surface area contributed by atoms with E-state index >= 15 is 0 Å². The molecule has 2 aromatic carbocycles. The van der Waals surface area contributed by atoms with Crippen LogP contribution in [0.4, 0.5) is 0 Å². The molecule has 0 unspecified atom stereocenters. The molecule has 8 nitrogen and oxygen atoms in total. The third-order valence-corrected chi connectivity index (χ3v) is 5.61. The number of nitrogens with zero attached hydrogens (tertiary/aromatic N) is 3. The van der Waals surface area contributed by atoms with E-state index in [-0.39, 0.29) is 42.5 Å². The summed E-state index contributed by atoms with van der Waals surface area (Å²) in [5.41, 5.74) is 9.52. The van der Waals surface area contributed by atoms with Gasteiger partial charge in [-0.25, -0.2) is 4.98 Å². The highest BCUT2D eigenvalue weighted by Gasteiger charge is 2.20. The van der Waals surface area contributed by atoms with Gasteiger partial charge in [0.2, 0.25) is 0 Å². The zero-order chi connectivity index (χ0) is 24.8. The van der Waals surface area contributed by atoms with E-state index in [2.05, 4.69) is 0 Å². The second-order valence-corrected chi connectivity index (χ2v) is 8.78. The highest BCUT2D eigenvalue weighted by atomic mass is 35.5. The minimum Gasteiger partial charge on any atom is -0.466 e. The number of hydrogen-bond acceptors (Lipinski definition) is 5. The van der Waals surface area contributed by atoms with Gasteiger partial charge in [-0.1, -0.05) is 38.1 Å². The van der Waals surface area contributed by atoms with Crippen molar-refractivity contribution in [2.45, 2.75) is 33.6 Å². The van der Waals surface area contributed by atoms with Crippen molar-refractivity contribution in [2.24, 2.45) is 18.7 Å². The van der Waals surface area contributed by atoms with E-state index in [1.165, 1.54) is 0 Å². The Bertz CT molecular complexity index is 1190. The zero-order valence-electron chi connectivity index (χ0n) is 20.7. The van der Waals surface area contributed by atoms with Crippen molar-refractivity contribution in [3.05, 3.63) is 65.0 Å². The Morgan fingerprint density at radius 3 is 2.40 bits per heavy atom. The highest BCUT2D eigenvalue weighted by Crippen LogP contribution is 2.20. The van der Waals surface area contributed by atoms with Gasteiger partial charge in [0, 0.05) is 37.7 Å². The van der Waals surface area contributed by atoms with Gasteiger partial charge in [0.1, 0.15) is 11.7 Å². The van der Waals surface area contributed by atoms with Crippen LogP contribution in [0.2, 0.25) is 0 Å². The van der Waals surface area contributed by atoms with Crippen LogP contribution in [0.1, 0.15) is 54.5 Å². The van der Waals surface area contributed by atoms with Crippen LogP contribution >= 0.6 is 12.4 Å². The third-order valence-electron chi connectivity index (χ3n) is 5.61. The molecule has 0 radical (unpaired) electrons. The lowest BCUT2D eigenvalue weighted by Gasteiger charge is -2.24. The Morgan fingerprint density at radius 1 is 1.14 bits per heavy atom. The molecule has 1 heterocycles. The molecule has 0 saturated heterocycles. The minimum atomic E-state index is -0.301. The second kappa shape index (κ2) is 12.4. The number of esters is 1. The number of rotatable bonds is 10. The van der Waals surface area contributed by atoms with Crippen LogP contribution in [0.5, 0.6) is 0 Å². The number of amidine groups is 1. The van der Waals surface area contributed by atoms with Gasteiger partial charge in [0.15, 0.2) is 0 Å². The van der Waals surface area contributed by atoms with E-state index in [1.807, 2.05) is 67.9 Å². The predicted molar refractivity (Wildman–Crippen MR) is 140 cm³/mol. The maximum atomic E-state index is 13.3. The lowest BCUT2D eigenvalue weighted by atomic mass is 10.1. The fraction of sp³-hybridized carbons (Fsp3) is 0.385. The number of carbonyl (C=O) groups is 2. The van der Waals surface area contributed by atoms with Crippen LogP contribution in [0, 0.1) is 11.3 Å². The van der Waals surface area contributed by atoms with E-state index in [0.29, 0.717) is 37.2 Å². The normalized spacial score (nSPS) is 10.8. The summed E-state index contributed by atoms with van der Waals surface area (Å²) in [4.78, 5) is 31.6. The van der Waals surface area contributed by atoms with Gasteiger partial charge < -0.3 is 19.9 Å². The standard InChI is InChI=1S/C26H33N5O3.ClH/c1-5-34-24(32)12-13-31(16-17(2)3)26(33)20-10-11-22-21(15-20)29-23(30(22)4)14-18-6-8-19(9-7-18)25(27)28;/h6-11,15,17H,5,12-14,16H2,1-4H3,(H3,27,28);1H. The molecular weight excluding hydrogens is 466 g/mol. The summed E-state index contributed by atoms with van der Waals surface area (Å²) in [7, 11) is 1.96. The summed E-state index contributed by atoms with van der Waals surface area (Å²) in [5.74, 6) is 0.764. The topological polar surface area (TPSA) is 114 Å². The Kier molecular flexibility index (Phi) is 9.83. The Balaban J connectivity index is 0.00000432. The van der Waals surface area contributed by atoms with Crippen molar-refractivity contribution in [3.8, 4) is 0 Å². The summed E-state index contributed by atoms with van der Waals surface area (Å²) in [6.45, 7) is 7.06. The molecule has 188 valence electrons. The van der Waals surface area contributed by atoms with Crippen LogP contribution in [0.3, 0.4) is 0 Å². The number of benzene rings is 2. The first-order valence-electron chi connectivity index (χ1n) is 11.5. The summed E-state index contributed by atoms with van der Waals surface area (Å²) >= 11 is 0. The van der Waals surface area contributed by atoms with Gasteiger partial charge in [-0.3, -0.25) is 15.0 Å². The van der Waals surface area contributed by atoms with Crippen LogP contribution in [-0.4, -0.2) is 51.9 Å². The number of ether oxygens (including phenoxy) is 1. The van der Waals surface area contributed by atoms with E-state index in [4.69, 9.17) is 20.9 Å². The fourth-order valence-electron chi connectivity index (χ4n) is 3.88. The largest absolute Gasteiger partial charge is 0.466 e. The molecule has 0 spiro atoms. The summed E-state index contributed by atoms with van der Waals surface area (Å²) in [6.07, 6.45) is 0.788. The number of aryl methyl sites for hydroxylation is 1. The van der Waals surface area contributed by atoms with E-state index in [0.717, 1.165) is 22.4 Å². The molecule has 3 rings (SSSR count). The number of nitrogens with one attached hydrogen (secondary N) is 1. The molecule has 0 bridgehead atoms. The molecule has 3 aromatic rings. The third kappa shape index (κ3) is 7.05. The quantitative estimate of drug-likeness (QED) is 0.249. The van der Waals surface area contributed by atoms with Crippen LogP contribution in [0.25, 0.3) is 11.0 Å². The number of hydrogen-bond donors (Lipinski definition) is 2. The molecule has 9 heteroatoms. The smallest absolute Gasteiger partial charge is 0.307 e. The average Bonchev–Trinajstić information content (AvgIpc) is 3.11. The number of amides is 1. The maximum Gasteiger partial charge on any atom is 0.307 e. The van der Waals surface area contributed by atoms with Crippen molar-refractivity contribution in [1.29, 1.82) is 5.41 Å². The number of nitrogen functional groups attached to an aromatic ring is 1. The van der Waals surface area contributed by atoms with Crippen LogP contribution in [-0.2, 0) is 23.0 Å². The van der Waals surface area contributed by atoms with Crippen molar-refractivity contribution in [3.63, 3.8) is 0 Å². The minimum absolute atomic E-state index is 0. The SMILES string of the molecule is CCOC(=O)CCN(CC(C)C)C(=O)c1ccc2c(c1)nc(Cc1ccc(C(=N)N)cc1)n2C.Cl.